The Morgan fingerprint density at radius 3 is 2.42 bits per heavy atom. The number of pyridine rings is 1. The van der Waals surface area contributed by atoms with Crippen LogP contribution in [0.15, 0.2) is 24.4 Å². The molecule has 0 aliphatic heterocycles. The van der Waals surface area contributed by atoms with Crippen molar-refractivity contribution in [3.05, 3.63) is 52.3 Å². The molecule has 0 unspecified atom stereocenters. The fraction of sp³-hybridized carbons (Fsp3) is 0.294. The largest absolute Gasteiger partial charge is 0.456 e. The molecule has 0 spiro atoms. The van der Waals surface area contributed by atoms with Crippen LogP contribution in [0.1, 0.15) is 36.8 Å². The first kappa shape index (κ1) is 18.1. The van der Waals surface area contributed by atoms with E-state index in [4.69, 9.17) is 21.1 Å². The van der Waals surface area contributed by atoms with Gasteiger partial charge in [0.1, 0.15) is 17.2 Å². The van der Waals surface area contributed by atoms with Crippen molar-refractivity contribution >= 4 is 17.6 Å². The fourth-order valence-electron chi connectivity index (χ4n) is 1.77. The molecule has 0 atom stereocenters. The molecule has 0 saturated heterocycles. The highest BCUT2D eigenvalue weighted by Crippen LogP contribution is 2.29. The van der Waals surface area contributed by atoms with Gasteiger partial charge in [0.05, 0.1) is 22.5 Å². The van der Waals surface area contributed by atoms with E-state index in [0.717, 1.165) is 12.1 Å². The number of carbonyl (C=O) groups is 1. The zero-order chi connectivity index (χ0) is 18.1. The summed E-state index contributed by atoms with van der Waals surface area (Å²) in [7, 11) is 0. The summed E-state index contributed by atoms with van der Waals surface area (Å²) in [5.41, 5.74) is -0.745. The summed E-state index contributed by atoms with van der Waals surface area (Å²) in [4.78, 5) is 15.9. The van der Waals surface area contributed by atoms with Crippen molar-refractivity contribution in [1.29, 1.82) is 0 Å². The molecule has 24 heavy (non-hydrogen) atoms. The molecule has 1 heterocycles. The summed E-state index contributed by atoms with van der Waals surface area (Å²) >= 11 is 5.91. The average molecular weight is 356 g/mol. The standard InChI is InChI=1S/C17H16ClF2NO3/c1-9-12(18)5-10(8-21-9)23-15-7-13(19)11(6-14(15)20)16(22)24-17(2,3)4/h5-8H,1-4H3. The van der Waals surface area contributed by atoms with Crippen LogP contribution < -0.4 is 4.74 Å². The van der Waals surface area contributed by atoms with Gasteiger partial charge in [0, 0.05) is 12.1 Å². The van der Waals surface area contributed by atoms with Gasteiger partial charge in [0.2, 0.25) is 0 Å². The van der Waals surface area contributed by atoms with Crippen LogP contribution in [0.4, 0.5) is 8.78 Å². The maximum atomic E-state index is 14.1. The van der Waals surface area contributed by atoms with E-state index in [9.17, 15) is 13.6 Å². The zero-order valence-electron chi connectivity index (χ0n) is 13.6. The number of benzene rings is 1. The molecule has 1 aromatic carbocycles. The van der Waals surface area contributed by atoms with Gasteiger partial charge in [0.25, 0.3) is 0 Å². The highest BCUT2D eigenvalue weighted by Gasteiger charge is 2.23. The minimum atomic E-state index is -0.953. The lowest BCUT2D eigenvalue weighted by atomic mass is 10.1. The van der Waals surface area contributed by atoms with Crippen molar-refractivity contribution in [1.82, 2.24) is 4.98 Å². The van der Waals surface area contributed by atoms with Gasteiger partial charge in [-0.3, -0.25) is 4.98 Å². The third kappa shape index (κ3) is 4.41. The molecule has 0 bridgehead atoms. The second kappa shape index (κ2) is 6.73. The SMILES string of the molecule is Cc1ncc(Oc2cc(F)c(C(=O)OC(C)(C)C)cc2F)cc1Cl. The summed E-state index contributed by atoms with van der Waals surface area (Å²) < 4.78 is 38.5. The molecule has 0 fully saturated rings. The first-order chi connectivity index (χ1) is 11.1. The number of hydrogen-bond acceptors (Lipinski definition) is 4. The zero-order valence-corrected chi connectivity index (χ0v) is 14.4. The Bertz CT molecular complexity index is 788. The quantitative estimate of drug-likeness (QED) is 0.721. The van der Waals surface area contributed by atoms with Crippen molar-refractivity contribution in [2.75, 3.05) is 0 Å². The lowest BCUT2D eigenvalue weighted by Crippen LogP contribution is -2.24. The summed E-state index contributed by atoms with van der Waals surface area (Å²) in [5.74, 6) is -3.05. The van der Waals surface area contributed by atoms with Crippen molar-refractivity contribution in [2.45, 2.75) is 33.3 Å². The number of aryl methyl sites for hydroxylation is 1. The Kier molecular flexibility index (Phi) is 5.08. The van der Waals surface area contributed by atoms with E-state index in [1.165, 1.54) is 12.3 Å². The molecule has 0 aliphatic carbocycles. The highest BCUT2D eigenvalue weighted by atomic mass is 35.5. The van der Waals surface area contributed by atoms with E-state index < -0.39 is 28.8 Å². The number of hydrogen-bond donors (Lipinski definition) is 0. The molecule has 128 valence electrons. The molecular formula is C17H16ClF2NO3. The maximum absolute atomic E-state index is 14.1. The van der Waals surface area contributed by atoms with Crippen LogP contribution in [0, 0.1) is 18.6 Å². The minimum absolute atomic E-state index is 0.147. The lowest BCUT2D eigenvalue weighted by molar-refractivity contribution is 0.00641. The molecule has 0 aliphatic rings. The second-order valence-corrected chi connectivity index (χ2v) is 6.51. The Labute approximate surface area is 143 Å². The first-order valence-electron chi connectivity index (χ1n) is 7.09. The van der Waals surface area contributed by atoms with E-state index in [1.807, 2.05) is 0 Å². The Hall–Kier alpha value is -2.21. The summed E-state index contributed by atoms with van der Waals surface area (Å²) in [6, 6.07) is 2.95. The number of halogens is 3. The first-order valence-corrected chi connectivity index (χ1v) is 7.47. The molecule has 0 radical (unpaired) electrons. The van der Waals surface area contributed by atoms with Gasteiger partial charge >= 0.3 is 5.97 Å². The predicted octanol–water partition coefficient (Wildman–Crippen LogP) is 5.07. The topological polar surface area (TPSA) is 48.4 Å². The number of aromatic nitrogens is 1. The normalized spacial score (nSPS) is 11.3. The number of esters is 1. The minimum Gasteiger partial charge on any atom is -0.456 e. The molecular weight excluding hydrogens is 340 g/mol. The van der Waals surface area contributed by atoms with Crippen molar-refractivity contribution < 1.29 is 23.0 Å². The van der Waals surface area contributed by atoms with Gasteiger partial charge in [-0.05, 0) is 33.8 Å². The molecule has 1 aromatic heterocycles. The van der Waals surface area contributed by atoms with Crippen LogP contribution in [0.25, 0.3) is 0 Å². The van der Waals surface area contributed by atoms with Crippen LogP contribution in [-0.4, -0.2) is 16.6 Å². The molecule has 0 N–H and O–H groups in total. The fourth-order valence-corrected chi connectivity index (χ4v) is 1.92. The Morgan fingerprint density at radius 2 is 1.83 bits per heavy atom. The lowest BCUT2D eigenvalue weighted by Gasteiger charge is -2.19. The van der Waals surface area contributed by atoms with E-state index in [2.05, 4.69) is 4.98 Å². The number of rotatable bonds is 3. The molecule has 4 nitrogen and oxygen atoms in total. The Morgan fingerprint density at radius 1 is 1.17 bits per heavy atom. The third-order valence-corrected chi connectivity index (χ3v) is 3.25. The molecule has 2 aromatic rings. The van der Waals surface area contributed by atoms with Crippen LogP contribution in [0.5, 0.6) is 11.5 Å². The number of ether oxygens (including phenoxy) is 2. The summed E-state index contributed by atoms with van der Waals surface area (Å²) in [6.45, 7) is 6.59. The second-order valence-electron chi connectivity index (χ2n) is 6.10. The van der Waals surface area contributed by atoms with Crippen LogP contribution >= 0.6 is 11.6 Å². The van der Waals surface area contributed by atoms with E-state index in [0.29, 0.717) is 10.7 Å². The van der Waals surface area contributed by atoms with Crippen molar-refractivity contribution in [2.24, 2.45) is 0 Å². The smallest absolute Gasteiger partial charge is 0.341 e. The van der Waals surface area contributed by atoms with Gasteiger partial charge in [-0.25, -0.2) is 13.6 Å². The van der Waals surface area contributed by atoms with E-state index in [1.54, 1.807) is 27.7 Å². The predicted molar refractivity (Wildman–Crippen MR) is 85.6 cm³/mol. The number of nitrogens with zero attached hydrogens (tertiary/aromatic N) is 1. The molecule has 7 heteroatoms. The summed E-state index contributed by atoms with van der Waals surface area (Å²) in [5, 5.41) is 0.332. The molecule has 2 rings (SSSR count). The molecule has 0 saturated carbocycles. The highest BCUT2D eigenvalue weighted by molar-refractivity contribution is 6.31. The van der Waals surface area contributed by atoms with Gasteiger partial charge in [-0.15, -0.1) is 0 Å². The van der Waals surface area contributed by atoms with Gasteiger partial charge in [-0.2, -0.15) is 0 Å². The van der Waals surface area contributed by atoms with Crippen LogP contribution in [-0.2, 0) is 4.74 Å². The third-order valence-electron chi connectivity index (χ3n) is 2.87. The monoisotopic (exact) mass is 355 g/mol. The average Bonchev–Trinajstić information content (AvgIpc) is 2.44. The van der Waals surface area contributed by atoms with E-state index >= 15 is 0 Å². The van der Waals surface area contributed by atoms with Gasteiger partial charge in [0.15, 0.2) is 11.6 Å². The molecule has 0 amide bonds. The van der Waals surface area contributed by atoms with Crippen molar-refractivity contribution in [3.63, 3.8) is 0 Å². The van der Waals surface area contributed by atoms with Crippen LogP contribution in [0.3, 0.4) is 0 Å². The number of carbonyl (C=O) groups excluding carboxylic acids is 1. The summed E-state index contributed by atoms with van der Waals surface area (Å²) in [6.07, 6.45) is 1.33. The maximum Gasteiger partial charge on any atom is 0.341 e. The van der Waals surface area contributed by atoms with Crippen molar-refractivity contribution in [3.8, 4) is 11.5 Å². The van der Waals surface area contributed by atoms with Gasteiger partial charge < -0.3 is 9.47 Å². The Balaban J connectivity index is 2.29. The van der Waals surface area contributed by atoms with Gasteiger partial charge in [-0.1, -0.05) is 11.6 Å². The van der Waals surface area contributed by atoms with E-state index in [-0.39, 0.29) is 11.5 Å². The van der Waals surface area contributed by atoms with Crippen LogP contribution in [0.2, 0.25) is 5.02 Å².